The maximum absolute atomic E-state index is 4.38. The summed E-state index contributed by atoms with van der Waals surface area (Å²) in [5.74, 6) is 1.04. The zero-order valence-electron chi connectivity index (χ0n) is 9.77. The van der Waals surface area contributed by atoms with Crippen molar-refractivity contribution < 1.29 is 0 Å². The summed E-state index contributed by atoms with van der Waals surface area (Å²) in [6.45, 7) is 3.98. The van der Waals surface area contributed by atoms with E-state index in [-0.39, 0.29) is 0 Å². The van der Waals surface area contributed by atoms with Gasteiger partial charge in [0.1, 0.15) is 5.82 Å². The minimum Gasteiger partial charge on any atom is -0.331 e. The van der Waals surface area contributed by atoms with Crippen LogP contribution in [-0.2, 0) is 13.1 Å². The van der Waals surface area contributed by atoms with Crippen molar-refractivity contribution in [2.75, 3.05) is 7.05 Å². The van der Waals surface area contributed by atoms with E-state index < -0.39 is 0 Å². The number of nitrogens with one attached hydrogen (secondary N) is 1. The fourth-order valence-electron chi connectivity index (χ4n) is 1.80. The van der Waals surface area contributed by atoms with Crippen LogP contribution in [0.25, 0.3) is 11.4 Å². The maximum atomic E-state index is 4.38. The molecule has 84 valence electrons. The second-order valence-electron chi connectivity index (χ2n) is 3.76. The largest absolute Gasteiger partial charge is 0.331 e. The third-order valence-corrected chi connectivity index (χ3v) is 2.65. The Hall–Kier alpha value is -1.61. The molecular formula is C13H17N3. The van der Waals surface area contributed by atoms with E-state index in [1.54, 1.807) is 0 Å². The molecule has 3 nitrogen and oxygen atoms in total. The molecule has 0 amide bonds. The van der Waals surface area contributed by atoms with Gasteiger partial charge in [0.2, 0.25) is 0 Å². The number of benzene rings is 1. The molecular weight excluding hydrogens is 198 g/mol. The maximum Gasteiger partial charge on any atom is 0.139 e. The molecule has 1 N–H and O–H groups in total. The highest BCUT2D eigenvalue weighted by atomic mass is 15.1. The van der Waals surface area contributed by atoms with E-state index in [0.717, 1.165) is 18.9 Å². The zero-order chi connectivity index (χ0) is 11.4. The summed E-state index contributed by atoms with van der Waals surface area (Å²) in [7, 11) is 1.96. The van der Waals surface area contributed by atoms with Crippen LogP contribution in [0.2, 0.25) is 0 Å². The lowest BCUT2D eigenvalue weighted by molar-refractivity contribution is 0.770. The molecule has 2 aromatic rings. The third kappa shape index (κ3) is 2.14. The number of rotatable bonds is 4. The van der Waals surface area contributed by atoms with E-state index in [2.05, 4.69) is 46.1 Å². The van der Waals surface area contributed by atoms with Crippen LogP contribution >= 0.6 is 0 Å². The molecule has 0 spiro atoms. The summed E-state index contributed by atoms with van der Waals surface area (Å²) in [5, 5.41) is 3.14. The number of imidazole rings is 1. The fraction of sp³-hybridized carbons (Fsp3) is 0.308. The summed E-state index contributed by atoms with van der Waals surface area (Å²) in [6, 6.07) is 8.53. The lowest BCUT2D eigenvalue weighted by Gasteiger charge is -2.06. The SMILES string of the molecule is CCn1ccnc1-c1ccc(CNC)cc1. The minimum atomic E-state index is 0.905. The first-order valence-corrected chi connectivity index (χ1v) is 5.60. The second kappa shape index (κ2) is 4.94. The number of aryl methyl sites for hydroxylation is 1. The molecule has 1 aromatic heterocycles. The van der Waals surface area contributed by atoms with Gasteiger partial charge < -0.3 is 9.88 Å². The van der Waals surface area contributed by atoms with Crippen LogP contribution < -0.4 is 5.32 Å². The van der Waals surface area contributed by atoms with Crippen LogP contribution in [0.4, 0.5) is 0 Å². The van der Waals surface area contributed by atoms with Gasteiger partial charge in [-0.15, -0.1) is 0 Å². The Morgan fingerprint density at radius 1 is 1.25 bits per heavy atom. The Balaban J connectivity index is 2.27. The van der Waals surface area contributed by atoms with Crippen LogP contribution in [0.15, 0.2) is 36.7 Å². The Labute approximate surface area is 96.1 Å². The van der Waals surface area contributed by atoms with E-state index in [9.17, 15) is 0 Å². The van der Waals surface area contributed by atoms with Crippen molar-refractivity contribution in [3.63, 3.8) is 0 Å². The molecule has 0 fully saturated rings. The molecule has 3 heteroatoms. The molecule has 0 unspecified atom stereocenters. The smallest absolute Gasteiger partial charge is 0.139 e. The average Bonchev–Trinajstić information content (AvgIpc) is 2.78. The van der Waals surface area contributed by atoms with E-state index in [1.165, 1.54) is 11.1 Å². The van der Waals surface area contributed by atoms with Crippen LogP contribution in [0.5, 0.6) is 0 Å². The monoisotopic (exact) mass is 215 g/mol. The van der Waals surface area contributed by atoms with Gasteiger partial charge in [-0.25, -0.2) is 4.98 Å². The van der Waals surface area contributed by atoms with Gasteiger partial charge in [0.25, 0.3) is 0 Å². The van der Waals surface area contributed by atoms with Gasteiger partial charge in [-0.2, -0.15) is 0 Å². The molecule has 2 rings (SSSR count). The van der Waals surface area contributed by atoms with Gasteiger partial charge in [-0.1, -0.05) is 24.3 Å². The number of hydrogen-bond acceptors (Lipinski definition) is 2. The van der Waals surface area contributed by atoms with Crippen molar-refractivity contribution in [2.45, 2.75) is 20.0 Å². The van der Waals surface area contributed by atoms with Crippen LogP contribution in [-0.4, -0.2) is 16.6 Å². The van der Waals surface area contributed by atoms with Crippen LogP contribution in [0, 0.1) is 0 Å². The second-order valence-corrected chi connectivity index (χ2v) is 3.76. The Bertz CT molecular complexity index is 442. The van der Waals surface area contributed by atoms with E-state index in [4.69, 9.17) is 0 Å². The topological polar surface area (TPSA) is 29.9 Å². The molecule has 0 bridgehead atoms. The fourth-order valence-corrected chi connectivity index (χ4v) is 1.80. The molecule has 1 aromatic carbocycles. The number of nitrogens with zero attached hydrogens (tertiary/aromatic N) is 2. The van der Waals surface area contributed by atoms with Gasteiger partial charge in [-0.05, 0) is 19.5 Å². The van der Waals surface area contributed by atoms with Gasteiger partial charge in [0.05, 0.1) is 0 Å². The van der Waals surface area contributed by atoms with Crippen molar-refractivity contribution >= 4 is 0 Å². The minimum absolute atomic E-state index is 0.905. The molecule has 0 aliphatic heterocycles. The number of aromatic nitrogens is 2. The molecule has 0 aliphatic carbocycles. The van der Waals surface area contributed by atoms with Gasteiger partial charge in [0.15, 0.2) is 0 Å². The van der Waals surface area contributed by atoms with Gasteiger partial charge in [0, 0.05) is 31.0 Å². The predicted octanol–water partition coefficient (Wildman–Crippen LogP) is 2.29. The molecule has 0 aliphatic rings. The number of hydrogen-bond donors (Lipinski definition) is 1. The molecule has 0 saturated heterocycles. The first-order valence-electron chi connectivity index (χ1n) is 5.60. The first-order chi connectivity index (χ1) is 7.85. The van der Waals surface area contributed by atoms with E-state index >= 15 is 0 Å². The molecule has 0 atom stereocenters. The van der Waals surface area contributed by atoms with Crippen molar-refractivity contribution in [1.82, 2.24) is 14.9 Å². The van der Waals surface area contributed by atoms with Gasteiger partial charge >= 0.3 is 0 Å². The first kappa shape index (κ1) is 10.9. The lowest BCUT2D eigenvalue weighted by atomic mass is 10.1. The Kier molecular flexibility index (Phi) is 3.37. The van der Waals surface area contributed by atoms with Crippen LogP contribution in [0.1, 0.15) is 12.5 Å². The summed E-state index contributed by atoms with van der Waals surface area (Å²) in [6.07, 6.45) is 3.86. The molecule has 0 saturated carbocycles. The average molecular weight is 215 g/mol. The summed E-state index contributed by atoms with van der Waals surface area (Å²) >= 11 is 0. The van der Waals surface area contributed by atoms with E-state index in [1.807, 2.05) is 19.4 Å². The van der Waals surface area contributed by atoms with E-state index in [0.29, 0.717) is 0 Å². The Morgan fingerprint density at radius 3 is 2.62 bits per heavy atom. The van der Waals surface area contributed by atoms with Crippen LogP contribution in [0.3, 0.4) is 0 Å². The molecule has 1 heterocycles. The normalized spacial score (nSPS) is 10.6. The predicted molar refractivity (Wildman–Crippen MR) is 66.1 cm³/mol. The van der Waals surface area contributed by atoms with Crippen molar-refractivity contribution in [1.29, 1.82) is 0 Å². The summed E-state index contributed by atoms with van der Waals surface area (Å²) in [4.78, 5) is 4.38. The quantitative estimate of drug-likeness (QED) is 0.848. The summed E-state index contributed by atoms with van der Waals surface area (Å²) in [5.41, 5.74) is 2.47. The summed E-state index contributed by atoms with van der Waals surface area (Å²) < 4.78 is 2.15. The Morgan fingerprint density at radius 2 is 2.00 bits per heavy atom. The zero-order valence-corrected chi connectivity index (χ0v) is 9.77. The lowest BCUT2D eigenvalue weighted by Crippen LogP contribution is -2.04. The highest BCUT2D eigenvalue weighted by molar-refractivity contribution is 5.55. The third-order valence-electron chi connectivity index (χ3n) is 2.65. The highest BCUT2D eigenvalue weighted by Crippen LogP contribution is 2.17. The van der Waals surface area contributed by atoms with Crippen molar-refractivity contribution in [3.05, 3.63) is 42.2 Å². The molecule has 0 radical (unpaired) electrons. The van der Waals surface area contributed by atoms with Crippen molar-refractivity contribution in [3.8, 4) is 11.4 Å². The van der Waals surface area contributed by atoms with Crippen molar-refractivity contribution in [2.24, 2.45) is 0 Å². The standard InChI is InChI=1S/C13H17N3/c1-3-16-9-8-15-13(16)12-6-4-11(5-7-12)10-14-2/h4-9,14H,3,10H2,1-2H3. The highest BCUT2D eigenvalue weighted by Gasteiger charge is 2.03. The van der Waals surface area contributed by atoms with Gasteiger partial charge in [-0.3, -0.25) is 0 Å². The molecule has 16 heavy (non-hydrogen) atoms.